The van der Waals surface area contributed by atoms with Gasteiger partial charge in [0, 0.05) is 37.0 Å². The van der Waals surface area contributed by atoms with Crippen LogP contribution >= 0.6 is 11.3 Å². The Labute approximate surface area is 190 Å². The third-order valence-electron chi connectivity index (χ3n) is 5.79. The summed E-state index contributed by atoms with van der Waals surface area (Å²) in [5, 5.41) is 2.55. The van der Waals surface area contributed by atoms with Crippen molar-refractivity contribution in [3.8, 4) is 33.8 Å². The number of aryl methyl sites for hydroxylation is 1. The number of nitrogens with zero attached hydrogens (tertiary/aromatic N) is 2. The van der Waals surface area contributed by atoms with E-state index in [-0.39, 0.29) is 0 Å². The first-order valence-electron chi connectivity index (χ1n) is 10.7. The van der Waals surface area contributed by atoms with Gasteiger partial charge in [0.1, 0.15) is 0 Å². The van der Waals surface area contributed by atoms with Gasteiger partial charge in [-0.05, 0) is 36.2 Å². The first-order valence-corrected chi connectivity index (χ1v) is 11.5. The van der Waals surface area contributed by atoms with E-state index in [0.717, 1.165) is 33.9 Å². The van der Waals surface area contributed by atoms with Crippen LogP contribution in [-0.4, -0.2) is 9.97 Å². The first-order chi connectivity index (χ1) is 15.8. The molecule has 0 aliphatic heterocycles. The third kappa shape index (κ3) is 3.19. The Morgan fingerprint density at radius 1 is 0.594 bits per heavy atom. The van der Waals surface area contributed by atoms with Gasteiger partial charge in [-0.2, -0.15) is 0 Å². The van der Waals surface area contributed by atoms with E-state index in [1.165, 1.54) is 25.7 Å². The van der Waals surface area contributed by atoms with Gasteiger partial charge in [0.15, 0.2) is 5.82 Å². The second-order valence-corrected chi connectivity index (χ2v) is 8.99. The van der Waals surface area contributed by atoms with E-state index in [1.807, 2.05) is 24.3 Å². The molecule has 4 aromatic carbocycles. The molecule has 152 valence electrons. The van der Waals surface area contributed by atoms with Gasteiger partial charge in [-0.25, -0.2) is 9.97 Å². The molecule has 0 saturated heterocycles. The third-order valence-corrected chi connectivity index (χ3v) is 6.92. The molecule has 0 spiro atoms. The van der Waals surface area contributed by atoms with Crippen molar-refractivity contribution in [2.24, 2.45) is 0 Å². The van der Waals surface area contributed by atoms with Crippen molar-refractivity contribution < 1.29 is 0 Å². The van der Waals surface area contributed by atoms with Crippen LogP contribution in [0, 0.1) is 6.92 Å². The molecular formula is C29H20N2S. The monoisotopic (exact) mass is 428 g/mol. The minimum Gasteiger partial charge on any atom is -0.233 e. The van der Waals surface area contributed by atoms with Crippen LogP contribution in [0.4, 0.5) is 0 Å². The van der Waals surface area contributed by atoms with E-state index in [1.54, 1.807) is 0 Å². The second kappa shape index (κ2) is 7.70. The zero-order valence-electron chi connectivity index (χ0n) is 17.6. The molecule has 2 nitrogen and oxygen atoms in total. The fraction of sp³-hybridized carbons (Fsp3) is 0.0345. The Hall–Kier alpha value is -3.82. The fourth-order valence-electron chi connectivity index (χ4n) is 4.36. The van der Waals surface area contributed by atoms with Gasteiger partial charge in [0.25, 0.3) is 0 Å². The molecular weight excluding hydrogens is 408 g/mol. The van der Waals surface area contributed by atoms with Gasteiger partial charge < -0.3 is 0 Å². The average Bonchev–Trinajstić information content (AvgIpc) is 3.23. The summed E-state index contributed by atoms with van der Waals surface area (Å²) in [4.78, 5) is 9.93. The van der Waals surface area contributed by atoms with Gasteiger partial charge in [0.2, 0.25) is 0 Å². The smallest absolute Gasteiger partial charge is 0.160 e. The summed E-state index contributed by atoms with van der Waals surface area (Å²) >= 11 is 1.83. The first kappa shape index (κ1) is 18.9. The minimum absolute atomic E-state index is 0.760. The van der Waals surface area contributed by atoms with Gasteiger partial charge in [-0.3, -0.25) is 0 Å². The van der Waals surface area contributed by atoms with Crippen molar-refractivity contribution in [1.82, 2.24) is 9.97 Å². The van der Waals surface area contributed by atoms with Crippen molar-refractivity contribution in [2.45, 2.75) is 6.92 Å². The molecule has 0 bridgehead atoms. The van der Waals surface area contributed by atoms with Gasteiger partial charge >= 0.3 is 0 Å². The highest BCUT2D eigenvalue weighted by Gasteiger charge is 2.15. The zero-order chi connectivity index (χ0) is 21.5. The van der Waals surface area contributed by atoms with Crippen LogP contribution in [-0.2, 0) is 0 Å². The maximum absolute atomic E-state index is 5.09. The molecule has 0 atom stereocenters. The minimum atomic E-state index is 0.760. The molecule has 6 rings (SSSR count). The van der Waals surface area contributed by atoms with Crippen molar-refractivity contribution >= 4 is 31.5 Å². The molecule has 0 N–H and O–H groups in total. The average molecular weight is 429 g/mol. The predicted octanol–water partition coefficient (Wildman–Crippen LogP) is 8.15. The molecule has 0 fully saturated rings. The van der Waals surface area contributed by atoms with E-state index >= 15 is 0 Å². The van der Waals surface area contributed by atoms with Crippen molar-refractivity contribution in [3.63, 3.8) is 0 Å². The number of fused-ring (bicyclic) bond motifs is 3. The van der Waals surface area contributed by atoms with Crippen LogP contribution in [0.2, 0.25) is 0 Å². The Morgan fingerprint density at radius 2 is 1.28 bits per heavy atom. The standard InChI is InChI=1S/C29H20N2S/c1-19-18-25(23-15-9-17-27-28(23)24-14-7-8-16-26(24)32-27)31-29(30-19)22-13-6-5-12-21(22)20-10-3-2-4-11-20/h2-18H,1H3. The molecule has 32 heavy (non-hydrogen) atoms. The van der Waals surface area contributed by atoms with Crippen LogP contribution in [0.1, 0.15) is 5.69 Å². The normalized spacial score (nSPS) is 11.3. The van der Waals surface area contributed by atoms with Crippen molar-refractivity contribution in [3.05, 3.63) is 109 Å². The highest BCUT2D eigenvalue weighted by molar-refractivity contribution is 7.25. The summed E-state index contributed by atoms with van der Waals surface area (Å²) in [7, 11) is 0. The zero-order valence-corrected chi connectivity index (χ0v) is 18.4. The Kier molecular flexibility index (Phi) is 4.55. The lowest BCUT2D eigenvalue weighted by atomic mass is 9.98. The van der Waals surface area contributed by atoms with Crippen LogP contribution < -0.4 is 0 Å². The lowest BCUT2D eigenvalue weighted by Gasteiger charge is -2.12. The molecule has 2 heterocycles. The molecule has 0 radical (unpaired) electrons. The largest absolute Gasteiger partial charge is 0.233 e. The predicted molar refractivity (Wildman–Crippen MR) is 136 cm³/mol. The van der Waals surface area contributed by atoms with Crippen LogP contribution in [0.3, 0.4) is 0 Å². The van der Waals surface area contributed by atoms with E-state index in [0.29, 0.717) is 0 Å². The quantitative estimate of drug-likeness (QED) is 0.284. The number of hydrogen-bond donors (Lipinski definition) is 0. The summed E-state index contributed by atoms with van der Waals surface area (Å²) < 4.78 is 2.58. The Balaban J connectivity index is 1.59. The molecule has 0 amide bonds. The maximum Gasteiger partial charge on any atom is 0.160 e. The molecule has 0 unspecified atom stereocenters. The molecule has 0 aliphatic rings. The van der Waals surface area contributed by atoms with Crippen molar-refractivity contribution in [1.29, 1.82) is 0 Å². The number of hydrogen-bond acceptors (Lipinski definition) is 3. The topological polar surface area (TPSA) is 25.8 Å². The molecule has 2 aromatic heterocycles. The molecule has 6 aromatic rings. The fourth-order valence-corrected chi connectivity index (χ4v) is 5.49. The van der Waals surface area contributed by atoms with Crippen LogP contribution in [0.15, 0.2) is 103 Å². The molecule has 0 saturated carbocycles. The van der Waals surface area contributed by atoms with Gasteiger partial charge in [-0.1, -0.05) is 84.9 Å². The van der Waals surface area contributed by atoms with Gasteiger partial charge in [-0.15, -0.1) is 11.3 Å². The summed E-state index contributed by atoms with van der Waals surface area (Å²) in [6.45, 7) is 2.05. The summed E-state index contributed by atoms with van der Waals surface area (Å²) in [6.07, 6.45) is 0. The van der Waals surface area contributed by atoms with Crippen molar-refractivity contribution in [2.75, 3.05) is 0 Å². The summed E-state index contributed by atoms with van der Waals surface area (Å²) in [6, 6.07) is 36.0. The highest BCUT2D eigenvalue weighted by atomic mass is 32.1. The lowest BCUT2D eigenvalue weighted by Crippen LogP contribution is -1.97. The van der Waals surface area contributed by atoms with E-state index < -0.39 is 0 Å². The number of aromatic nitrogens is 2. The SMILES string of the molecule is Cc1cc(-c2cccc3sc4ccccc4c23)nc(-c2ccccc2-c2ccccc2)n1. The maximum atomic E-state index is 5.09. The summed E-state index contributed by atoms with van der Waals surface area (Å²) in [5.41, 5.74) is 6.44. The van der Waals surface area contributed by atoms with Crippen LogP contribution in [0.5, 0.6) is 0 Å². The summed E-state index contributed by atoms with van der Waals surface area (Å²) in [5.74, 6) is 0.760. The van der Waals surface area contributed by atoms with E-state index in [9.17, 15) is 0 Å². The second-order valence-electron chi connectivity index (χ2n) is 7.91. The number of benzene rings is 4. The molecule has 0 aliphatic carbocycles. The Morgan fingerprint density at radius 3 is 2.16 bits per heavy atom. The van der Waals surface area contributed by atoms with Crippen LogP contribution in [0.25, 0.3) is 53.9 Å². The van der Waals surface area contributed by atoms with Gasteiger partial charge in [0.05, 0.1) is 5.69 Å². The Bertz CT molecular complexity index is 1580. The highest BCUT2D eigenvalue weighted by Crippen LogP contribution is 2.40. The molecule has 3 heteroatoms. The lowest BCUT2D eigenvalue weighted by molar-refractivity contribution is 1.12. The van der Waals surface area contributed by atoms with E-state index in [4.69, 9.17) is 9.97 Å². The van der Waals surface area contributed by atoms with E-state index in [2.05, 4.69) is 97.1 Å². The number of rotatable bonds is 3. The number of thiophene rings is 1.